The van der Waals surface area contributed by atoms with Crippen molar-refractivity contribution in [2.45, 2.75) is 27.2 Å². The molecule has 0 radical (unpaired) electrons. The summed E-state index contributed by atoms with van der Waals surface area (Å²) < 4.78 is 26.9. The zero-order valence-electron chi connectivity index (χ0n) is 20.7. The summed E-state index contributed by atoms with van der Waals surface area (Å²) in [6, 6.07) is 0. The predicted octanol–water partition coefficient (Wildman–Crippen LogP) is 2.85. The van der Waals surface area contributed by atoms with Crippen molar-refractivity contribution in [1.29, 1.82) is 0 Å². The number of amides is 1. The summed E-state index contributed by atoms with van der Waals surface area (Å²) in [4.78, 5) is 16.3. The lowest BCUT2D eigenvalue weighted by atomic mass is 9.96. The molecule has 0 rings (SSSR count). The van der Waals surface area contributed by atoms with E-state index in [0.29, 0.717) is 52.8 Å². The van der Waals surface area contributed by atoms with Crippen LogP contribution in [0.1, 0.15) is 27.2 Å². The predicted molar refractivity (Wildman–Crippen MR) is 127 cm³/mol. The molecule has 0 aromatic heterocycles. The number of thioether (sulfide) groups is 1. The summed E-state index contributed by atoms with van der Waals surface area (Å²) in [5.74, 6) is 0.773. The van der Waals surface area contributed by atoms with Gasteiger partial charge in [-0.3, -0.25) is 4.79 Å². The lowest BCUT2D eigenvalue weighted by Crippen LogP contribution is -2.36. The molecule has 0 unspecified atom stereocenters. The van der Waals surface area contributed by atoms with Gasteiger partial charge in [0.25, 0.3) is 5.24 Å². The highest BCUT2D eigenvalue weighted by Gasteiger charge is 2.23. The number of carbonyl (C=O) groups excluding carboxylic acids is 1. The summed E-state index contributed by atoms with van der Waals surface area (Å²) in [6.45, 7) is 14.2. The third-order valence-corrected chi connectivity index (χ3v) is 5.79. The summed E-state index contributed by atoms with van der Waals surface area (Å²) in [6.07, 6.45) is 1.03. The molecule has 31 heavy (non-hydrogen) atoms. The van der Waals surface area contributed by atoms with Crippen LogP contribution in [-0.4, -0.2) is 121 Å². The Bertz CT molecular complexity index is 429. The fourth-order valence-electron chi connectivity index (χ4n) is 2.67. The maximum Gasteiger partial charge on any atom is 0.281 e. The highest BCUT2D eigenvalue weighted by molar-refractivity contribution is 8.13. The number of hydrogen-bond acceptors (Lipinski definition) is 8. The quantitative estimate of drug-likeness (QED) is 0.239. The third kappa shape index (κ3) is 20.0. The standard InChI is InChI=1S/C22H46N2O6S/c1-7-10-27-13-15-29-17-18-30-16-14-28-12-9-24(5)21(25)31-20-22(2,3)19-23(4)8-11-26-6/h7-20H2,1-6H3. The fourth-order valence-corrected chi connectivity index (χ4v) is 3.59. The number of methoxy groups -OCH3 is 1. The van der Waals surface area contributed by atoms with Gasteiger partial charge < -0.3 is 33.5 Å². The number of likely N-dealkylation sites (N-methyl/N-ethyl adjacent to an activating group) is 2. The van der Waals surface area contributed by atoms with Gasteiger partial charge in [0.2, 0.25) is 0 Å². The van der Waals surface area contributed by atoms with Gasteiger partial charge in [0, 0.05) is 46.2 Å². The van der Waals surface area contributed by atoms with Crippen LogP contribution in [0, 0.1) is 5.41 Å². The van der Waals surface area contributed by atoms with Crippen molar-refractivity contribution in [3.05, 3.63) is 0 Å². The molecule has 0 aromatic rings. The Kier molecular flexibility index (Phi) is 19.9. The van der Waals surface area contributed by atoms with Crippen LogP contribution in [0.25, 0.3) is 0 Å². The Labute approximate surface area is 194 Å². The molecule has 0 bridgehead atoms. The van der Waals surface area contributed by atoms with Gasteiger partial charge >= 0.3 is 0 Å². The molecule has 0 N–H and O–H groups in total. The second-order valence-corrected chi connectivity index (χ2v) is 9.25. The highest BCUT2D eigenvalue weighted by atomic mass is 32.2. The molecule has 8 nitrogen and oxygen atoms in total. The second-order valence-electron chi connectivity index (χ2n) is 8.32. The Morgan fingerprint density at radius 2 is 1.32 bits per heavy atom. The van der Waals surface area contributed by atoms with Crippen molar-refractivity contribution in [2.75, 3.05) is 106 Å². The van der Waals surface area contributed by atoms with E-state index >= 15 is 0 Å². The molecule has 0 aliphatic rings. The van der Waals surface area contributed by atoms with E-state index in [0.717, 1.165) is 38.5 Å². The van der Waals surface area contributed by atoms with Crippen molar-refractivity contribution in [3.8, 4) is 0 Å². The van der Waals surface area contributed by atoms with Gasteiger partial charge in [-0.25, -0.2) is 0 Å². The molecule has 0 heterocycles. The van der Waals surface area contributed by atoms with Crippen LogP contribution >= 0.6 is 11.8 Å². The van der Waals surface area contributed by atoms with Crippen LogP contribution in [-0.2, 0) is 23.7 Å². The normalized spacial score (nSPS) is 12.0. The Hall–Kier alpha value is -0.420. The van der Waals surface area contributed by atoms with Crippen molar-refractivity contribution >= 4 is 17.0 Å². The van der Waals surface area contributed by atoms with E-state index < -0.39 is 0 Å². The monoisotopic (exact) mass is 466 g/mol. The van der Waals surface area contributed by atoms with Gasteiger partial charge in [-0.05, 0) is 18.9 Å². The topological polar surface area (TPSA) is 69.7 Å². The minimum Gasteiger partial charge on any atom is -0.383 e. The van der Waals surface area contributed by atoms with Crippen LogP contribution in [0.5, 0.6) is 0 Å². The minimum atomic E-state index is 0.0454. The SMILES string of the molecule is CCCOCCOCCOCCOCCN(C)C(=O)SCC(C)(C)CN(C)CCOC. The number of ether oxygens (including phenoxy) is 5. The summed E-state index contributed by atoms with van der Waals surface area (Å²) in [5.41, 5.74) is 0.0454. The lowest BCUT2D eigenvalue weighted by molar-refractivity contribution is -0.00249. The smallest absolute Gasteiger partial charge is 0.281 e. The summed E-state index contributed by atoms with van der Waals surface area (Å²) >= 11 is 1.37. The summed E-state index contributed by atoms with van der Waals surface area (Å²) in [5, 5.41) is 0.0764. The molecular weight excluding hydrogens is 420 g/mol. The molecule has 9 heteroatoms. The Morgan fingerprint density at radius 1 is 0.806 bits per heavy atom. The molecule has 0 saturated carbocycles. The van der Waals surface area contributed by atoms with Crippen LogP contribution in [0.15, 0.2) is 0 Å². The van der Waals surface area contributed by atoms with Crippen molar-refractivity contribution < 1.29 is 28.5 Å². The lowest BCUT2D eigenvalue weighted by Gasteiger charge is -2.30. The average Bonchev–Trinajstić information content (AvgIpc) is 2.73. The number of nitrogens with zero attached hydrogens (tertiary/aromatic N) is 2. The number of hydrogen-bond donors (Lipinski definition) is 0. The largest absolute Gasteiger partial charge is 0.383 e. The van der Waals surface area contributed by atoms with Crippen molar-refractivity contribution in [2.24, 2.45) is 5.41 Å². The first kappa shape index (κ1) is 30.6. The molecular formula is C22H46N2O6S. The molecule has 0 fully saturated rings. The van der Waals surface area contributed by atoms with Gasteiger partial charge in [-0.15, -0.1) is 0 Å². The van der Waals surface area contributed by atoms with E-state index in [1.165, 1.54) is 11.8 Å². The highest BCUT2D eigenvalue weighted by Crippen LogP contribution is 2.24. The van der Waals surface area contributed by atoms with Crippen LogP contribution < -0.4 is 0 Å². The van der Waals surface area contributed by atoms with E-state index in [1.807, 2.05) is 7.05 Å². The molecule has 0 spiro atoms. The van der Waals surface area contributed by atoms with Gasteiger partial charge in [-0.2, -0.15) is 0 Å². The van der Waals surface area contributed by atoms with E-state index in [2.05, 4.69) is 32.7 Å². The van der Waals surface area contributed by atoms with Crippen molar-refractivity contribution in [1.82, 2.24) is 9.80 Å². The average molecular weight is 467 g/mol. The molecule has 186 valence electrons. The zero-order valence-corrected chi connectivity index (χ0v) is 21.5. The van der Waals surface area contributed by atoms with Gasteiger partial charge in [0.15, 0.2) is 0 Å². The van der Waals surface area contributed by atoms with Gasteiger partial charge in [0.1, 0.15) is 0 Å². The molecule has 0 aromatic carbocycles. The van der Waals surface area contributed by atoms with Crippen LogP contribution in [0.3, 0.4) is 0 Å². The van der Waals surface area contributed by atoms with E-state index in [4.69, 9.17) is 23.7 Å². The number of carbonyl (C=O) groups is 1. The third-order valence-electron chi connectivity index (χ3n) is 4.31. The Morgan fingerprint density at radius 3 is 1.84 bits per heavy atom. The zero-order chi connectivity index (χ0) is 23.4. The van der Waals surface area contributed by atoms with Gasteiger partial charge in [-0.1, -0.05) is 32.5 Å². The molecule has 0 atom stereocenters. The molecule has 0 aliphatic heterocycles. The van der Waals surface area contributed by atoms with E-state index in [1.54, 1.807) is 12.0 Å². The summed E-state index contributed by atoms with van der Waals surface area (Å²) in [7, 11) is 5.61. The molecule has 1 amide bonds. The van der Waals surface area contributed by atoms with E-state index in [9.17, 15) is 4.79 Å². The molecule has 0 aliphatic carbocycles. The van der Waals surface area contributed by atoms with E-state index in [-0.39, 0.29) is 10.7 Å². The first-order valence-electron chi connectivity index (χ1n) is 11.2. The van der Waals surface area contributed by atoms with Crippen LogP contribution in [0.4, 0.5) is 4.79 Å². The second kappa shape index (κ2) is 20.2. The molecule has 0 saturated heterocycles. The fraction of sp³-hybridized carbons (Fsp3) is 0.955. The first-order chi connectivity index (χ1) is 14.8. The van der Waals surface area contributed by atoms with Crippen LogP contribution in [0.2, 0.25) is 0 Å². The maximum atomic E-state index is 12.3. The minimum absolute atomic E-state index is 0.0454. The van der Waals surface area contributed by atoms with Crippen molar-refractivity contribution in [3.63, 3.8) is 0 Å². The van der Waals surface area contributed by atoms with Gasteiger partial charge in [0.05, 0.1) is 52.9 Å². The maximum absolute atomic E-state index is 12.3. The number of rotatable bonds is 21. The first-order valence-corrected chi connectivity index (χ1v) is 12.2. The Balaban J connectivity index is 3.64.